The highest BCUT2D eigenvalue weighted by Gasteiger charge is 2.17. The molecule has 0 saturated carbocycles. The van der Waals surface area contributed by atoms with Gasteiger partial charge in [-0.25, -0.2) is 0 Å². The minimum absolute atomic E-state index is 0.166. The van der Waals surface area contributed by atoms with Crippen molar-refractivity contribution in [3.05, 3.63) is 49.0 Å². The van der Waals surface area contributed by atoms with Crippen molar-refractivity contribution < 1.29 is 4.74 Å². The molecule has 0 aliphatic heterocycles. The molecule has 1 aromatic carbocycles. The van der Waals surface area contributed by atoms with Crippen molar-refractivity contribution in [2.24, 2.45) is 5.73 Å². The standard InChI is InChI=1S/C13H13Br2NOS/c1-2-17-10-6-4-3-5-8(10)12(16)11-7-9(14)13(15)18-11/h3-7,12H,2,16H2,1H3. The highest BCUT2D eigenvalue weighted by Crippen LogP contribution is 2.38. The first-order valence-corrected chi connectivity index (χ1v) is 7.95. The lowest BCUT2D eigenvalue weighted by molar-refractivity contribution is 0.335. The van der Waals surface area contributed by atoms with Crippen LogP contribution in [0.25, 0.3) is 0 Å². The Morgan fingerprint density at radius 1 is 1.33 bits per heavy atom. The van der Waals surface area contributed by atoms with Crippen LogP contribution in [0.2, 0.25) is 0 Å². The summed E-state index contributed by atoms with van der Waals surface area (Å²) in [5, 5.41) is 0. The third kappa shape index (κ3) is 2.96. The van der Waals surface area contributed by atoms with Crippen LogP contribution in [-0.2, 0) is 0 Å². The zero-order chi connectivity index (χ0) is 13.1. The fourth-order valence-corrected chi connectivity index (χ4v) is 3.80. The van der Waals surface area contributed by atoms with E-state index in [1.165, 1.54) is 0 Å². The van der Waals surface area contributed by atoms with Crippen molar-refractivity contribution in [1.82, 2.24) is 0 Å². The van der Waals surface area contributed by atoms with Gasteiger partial charge in [-0.2, -0.15) is 0 Å². The Balaban J connectivity index is 2.36. The van der Waals surface area contributed by atoms with Gasteiger partial charge < -0.3 is 10.5 Å². The Labute approximate surface area is 127 Å². The Morgan fingerprint density at radius 2 is 2.06 bits per heavy atom. The molecule has 0 fully saturated rings. The summed E-state index contributed by atoms with van der Waals surface area (Å²) < 4.78 is 7.71. The molecule has 1 aromatic heterocycles. The molecule has 2 aromatic rings. The van der Waals surface area contributed by atoms with Gasteiger partial charge in [0.15, 0.2) is 0 Å². The average Bonchev–Trinajstić information content (AvgIpc) is 2.70. The second kappa shape index (κ2) is 6.19. The van der Waals surface area contributed by atoms with Gasteiger partial charge in [0.05, 0.1) is 16.4 Å². The number of halogens is 2. The quantitative estimate of drug-likeness (QED) is 0.819. The molecule has 2 nitrogen and oxygen atoms in total. The van der Waals surface area contributed by atoms with Gasteiger partial charge >= 0.3 is 0 Å². The van der Waals surface area contributed by atoms with Crippen molar-refractivity contribution in [3.8, 4) is 5.75 Å². The van der Waals surface area contributed by atoms with E-state index in [9.17, 15) is 0 Å². The topological polar surface area (TPSA) is 35.2 Å². The second-order valence-corrected chi connectivity index (χ2v) is 6.97. The summed E-state index contributed by atoms with van der Waals surface area (Å²) in [6.07, 6.45) is 0. The van der Waals surface area contributed by atoms with Gasteiger partial charge in [-0.1, -0.05) is 18.2 Å². The molecule has 2 N–H and O–H groups in total. The normalized spacial score (nSPS) is 12.4. The maximum atomic E-state index is 6.32. The third-order valence-corrected chi connectivity index (χ3v) is 5.86. The number of nitrogens with two attached hydrogens (primary N) is 1. The molecule has 0 bridgehead atoms. The molecule has 1 unspecified atom stereocenters. The third-order valence-electron chi connectivity index (χ3n) is 2.52. The number of para-hydroxylation sites is 1. The van der Waals surface area contributed by atoms with Crippen LogP contribution in [-0.4, -0.2) is 6.61 Å². The molecular weight excluding hydrogens is 378 g/mol. The highest BCUT2D eigenvalue weighted by atomic mass is 79.9. The Hall–Kier alpha value is -0.360. The molecule has 1 atom stereocenters. The fraction of sp³-hybridized carbons (Fsp3) is 0.231. The van der Waals surface area contributed by atoms with E-state index >= 15 is 0 Å². The van der Waals surface area contributed by atoms with Gasteiger partial charge in [0, 0.05) is 14.9 Å². The first-order valence-electron chi connectivity index (χ1n) is 5.55. The minimum atomic E-state index is -0.166. The summed E-state index contributed by atoms with van der Waals surface area (Å²) >= 11 is 8.61. The second-order valence-electron chi connectivity index (χ2n) is 3.72. The van der Waals surface area contributed by atoms with Crippen molar-refractivity contribution in [2.75, 3.05) is 6.61 Å². The van der Waals surface area contributed by atoms with Gasteiger partial charge in [-0.3, -0.25) is 0 Å². The van der Waals surface area contributed by atoms with Crippen LogP contribution in [0.1, 0.15) is 23.4 Å². The maximum absolute atomic E-state index is 6.32. The molecule has 96 valence electrons. The lowest BCUT2D eigenvalue weighted by atomic mass is 10.1. The van der Waals surface area contributed by atoms with Gasteiger partial charge in [0.1, 0.15) is 5.75 Å². The van der Waals surface area contributed by atoms with E-state index in [1.807, 2.05) is 37.3 Å². The molecule has 0 spiro atoms. The average molecular weight is 391 g/mol. The first kappa shape index (κ1) is 14.1. The van der Waals surface area contributed by atoms with Crippen molar-refractivity contribution in [1.29, 1.82) is 0 Å². The van der Waals surface area contributed by atoms with E-state index in [0.717, 1.165) is 24.4 Å². The van der Waals surface area contributed by atoms with E-state index in [1.54, 1.807) is 11.3 Å². The molecule has 0 saturated heterocycles. The number of thiophene rings is 1. The number of benzene rings is 1. The minimum Gasteiger partial charge on any atom is -0.494 e. The van der Waals surface area contributed by atoms with Gasteiger partial charge in [-0.05, 0) is 50.9 Å². The molecule has 1 heterocycles. The first-order chi connectivity index (χ1) is 8.63. The van der Waals surface area contributed by atoms with Crippen LogP contribution in [0.15, 0.2) is 38.6 Å². The monoisotopic (exact) mass is 389 g/mol. The van der Waals surface area contributed by atoms with E-state index in [0.29, 0.717) is 6.61 Å². The van der Waals surface area contributed by atoms with E-state index in [-0.39, 0.29) is 6.04 Å². The van der Waals surface area contributed by atoms with Crippen molar-refractivity contribution in [3.63, 3.8) is 0 Å². The summed E-state index contributed by atoms with van der Waals surface area (Å²) in [7, 11) is 0. The van der Waals surface area contributed by atoms with Crippen LogP contribution in [0.4, 0.5) is 0 Å². The summed E-state index contributed by atoms with van der Waals surface area (Å²) in [5.74, 6) is 0.855. The van der Waals surface area contributed by atoms with E-state index in [2.05, 4.69) is 31.9 Å². The smallest absolute Gasteiger partial charge is 0.124 e. The molecule has 0 radical (unpaired) electrons. The zero-order valence-corrected chi connectivity index (χ0v) is 13.8. The molecule has 5 heteroatoms. The lowest BCUT2D eigenvalue weighted by Gasteiger charge is -2.15. The molecular formula is C13H13Br2NOS. The Kier molecular flexibility index (Phi) is 4.84. The molecule has 18 heavy (non-hydrogen) atoms. The highest BCUT2D eigenvalue weighted by molar-refractivity contribution is 9.13. The predicted molar refractivity (Wildman–Crippen MR) is 83.4 cm³/mol. The lowest BCUT2D eigenvalue weighted by Crippen LogP contribution is -2.12. The SMILES string of the molecule is CCOc1ccccc1C(N)c1cc(Br)c(Br)s1. The van der Waals surface area contributed by atoms with Crippen molar-refractivity contribution >= 4 is 43.2 Å². The Morgan fingerprint density at radius 3 is 2.67 bits per heavy atom. The number of hydrogen-bond acceptors (Lipinski definition) is 3. The number of hydrogen-bond donors (Lipinski definition) is 1. The summed E-state index contributed by atoms with van der Waals surface area (Å²) in [5.41, 5.74) is 7.33. The fourth-order valence-electron chi connectivity index (χ4n) is 1.69. The summed E-state index contributed by atoms with van der Waals surface area (Å²) in [6.45, 7) is 2.61. The maximum Gasteiger partial charge on any atom is 0.124 e. The van der Waals surface area contributed by atoms with Crippen LogP contribution in [0.3, 0.4) is 0 Å². The largest absolute Gasteiger partial charge is 0.494 e. The molecule has 0 amide bonds. The predicted octanol–water partition coefficient (Wildman–Crippen LogP) is 4.72. The molecule has 0 aliphatic rings. The van der Waals surface area contributed by atoms with E-state index < -0.39 is 0 Å². The zero-order valence-electron chi connectivity index (χ0n) is 9.82. The molecule has 0 aliphatic carbocycles. The van der Waals surface area contributed by atoms with Gasteiger partial charge in [-0.15, -0.1) is 11.3 Å². The molecule has 2 rings (SSSR count). The van der Waals surface area contributed by atoms with Crippen molar-refractivity contribution in [2.45, 2.75) is 13.0 Å². The summed E-state index contributed by atoms with van der Waals surface area (Å²) in [4.78, 5) is 1.10. The van der Waals surface area contributed by atoms with E-state index in [4.69, 9.17) is 10.5 Å². The number of rotatable bonds is 4. The van der Waals surface area contributed by atoms with Gasteiger partial charge in [0.2, 0.25) is 0 Å². The van der Waals surface area contributed by atoms with Crippen LogP contribution >= 0.6 is 43.2 Å². The number of ether oxygens (including phenoxy) is 1. The van der Waals surface area contributed by atoms with Crippen LogP contribution in [0, 0.1) is 0 Å². The van der Waals surface area contributed by atoms with Crippen LogP contribution in [0.5, 0.6) is 5.75 Å². The summed E-state index contributed by atoms with van der Waals surface area (Å²) in [6, 6.07) is 9.78. The van der Waals surface area contributed by atoms with Crippen LogP contribution < -0.4 is 10.5 Å². The Bertz CT molecular complexity index is 522. The van der Waals surface area contributed by atoms with Gasteiger partial charge in [0.25, 0.3) is 0 Å².